The third-order valence-corrected chi connectivity index (χ3v) is 5.90. The van der Waals surface area contributed by atoms with Crippen molar-refractivity contribution in [2.75, 3.05) is 18.0 Å². The zero-order valence-electron chi connectivity index (χ0n) is 15.4. The van der Waals surface area contributed by atoms with E-state index in [-0.39, 0.29) is 5.02 Å². The summed E-state index contributed by atoms with van der Waals surface area (Å²) in [6.07, 6.45) is 6.76. The summed E-state index contributed by atoms with van der Waals surface area (Å²) in [6.45, 7) is 1.85. The third-order valence-electron chi connectivity index (χ3n) is 5.57. The van der Waals surface area contributed by atoms with Crippen LogP contribution in [0.1, 0.15) is 30.5 Å². The van der Waals surface area contributed by atoms with Gasteiger partial charge in [-0.3, -0.25) is 0 Å². The summed E-state index contributed by atoms with van der Waals surface area (Å²) in [5.74, 6) is 1.27. The molecule has 0 radical (unpaired) electrons. The number of hydrogen-bond acceptors (Lipinski definition) is 5. The molecule has 3 heterocycles. The summed E-state index contributed by atoms with van der Waals surface area (Å²) in [4.78, 5) is 24.0. The maximum Gasteiger partial charge on any atom is 0.357 e. The van der Waals surface area contributed by atoms with Crippen LogP contribution in [0.2, 0.25) is 5.02 Å². The molecule has 0 spiro atoms. The Bertz CT molecular complexity index is 1090. The number of hydrogen-bond donors (Lipinski definition) is 0. The maximum atomic E-state index is 12.5. The van der Waals surface area contributed by atoms with Gasteiger partial charge < -0.3 is 9.32 Å². The molecular formula is C22H20ClN3O2. The van der Waals surface area contributed by atoms with E-state index in [1.54, 1.807) is 6.20 Å². The largest absolute Gasteiger partial charge is 0.421 e. The average Bonchev–Trinajstić information content (AvgIpc) is 2.75. The van der Waals surface area contributed by atoms with Crippen molar-refractivity contribution in [2.45, 2.75) is 32.1 Å². The number of piperidine rings is 1. The molecule has 1 fully saturated rings. The lowest BCUT2D eigenvalue weighted by atomic mass is 9.92. The van der Waals surface area contributed by atoms with E-state index >= 15 is 0 Å². The van der Waals surface area contributed by atoms with Gasteiger partial charge in [-0.2, -0.15) is 0 Å². The van der Waals surface area contributed by atoms with E-state index in [0.717, 1.165) is 66.8 Å². The van der Waals surface area contributed by atoms with Crippen molar-refractivity contribution in [3.05, 3.63) is 63.2 Å². The first-order chi connectivity index (χ1) is 13.7. The SMILES string of the molecule is O=c1oc2c(c(N3CCCCC3)c1Cl)CCc1nc(-c3ccccc3)ncc1-2. The van der Waals surface area contributed by atoms with Gasteiger partial charge in [0.15, 0.2) is 5.82 Å². The maximum absolute atomic E-state index is 12.5. The van der Waals surface area contributed by atoms with Crippen molar-refractivity contribution in [1.29, 1.82) is 0 Å². The molecule has 2 aromatic heterocycles. The highest BCUT2D eigenvalue weighted by Gasteiger charge is 2.29. The van der Waals surface area contributed by atoms with Crippen molar-refractivity contribution < 1.29 is 4.42 Å². The molecule has 0 atom stereocenters. The Morgan fingerprint density at radius 3 is 2.61 bits per heavy atom. The van der Waals surface area contributed by atoms with E-state index in [1.807, 2.05) is 30.3 Å². The minimum atomic E-state index is -0.485. The summed E-state index contributed by atoms with van der Waals surface area (Å²) in [5.41, 5.74) is 4.06. The standard InChI is InChI=1S/C22H20ClN3O2/c23-18-19(26-11-5-2-6-12-26)15-9-10-17-16(20(15)28-22(18)27)13-24-21(25-17)14-7-3-1-4-8-14/h1,3-4,7-8,13H,2,5-6,9-12H2. The predicted octanol–water partition coefficient (Wildman–Crippen LogP) is 4.51. The van der Waals surface area contributed by atoms with Crippen LogP contribution in [0.4, 0.5) is 5.69 Å². The quantitative estimate of drug-likeness (QED) is 0.641. The Hall–Kier alpha value is -2.66. The molecule has 0 bridgehead atoms. The minimum absolute atomic E-state index is 0.200. The fourth-order valence-electron chi connectivity index (χ4n) is 4.20. The number of nitrogens with zero attached hydrogens (tertiary/aromatic N) is 3. The van der Waals surface area contributed by atoms with Crippen molar-refractivity contribution in [1.82, 2.24) is 9.97 Å². The van der Waals surface area contributed by atoms with Gasteiger partial charge in [0, 0.05) is 30.4 Å². The first kappa shape index (κ1) is 17.4. The fourth-order valence-corrected chi connectivity index (χ4v) is 4.47. The number of fused-ring (bicyclic) bond motifs is 3. The second kappa shape index (κ2) is 7.06. The van der Waals surface area contributed by atoms with Crippen LogP contribution in [0, 0.1) is 0 Å². The van der Waals surface area contributed by atoms with Gasteiger partial charge in [0.05, 0.1) is 16.9 Å². The number of halogens is 1. The molecule has 5 rings (SSSR count). The molecule has 28 heavy (non-hydrogen) atoms. The van der Waals surface area contributed by atoms with E-state index < -0.39 is 5.63 Å². The van der Waals surface area contributed by atoms with Crippen LogP contribution in [0.15, 0.2) is 45.7 Å². The van der Waals surface area contributed by atoms with Gasteiger partial charge in [0.2, 0.25) is 0 Å². The third kappa shape index (κ3) is 2.90. The van der Waals surface area contributed by atoms with Crippen LogP contribution in [-0.2, 0) is 12.8 Å². The molecule has 1 saturated heterocycles. The summed E-state index contributed by atoms with van der Waals surface area (Å²) >= 11 is 6.42. The van der Waals surface area contributed by atoms with Crippen LogP contribution in [0.25, 0.3) is 22.7 Å². The summed E-state index contributed by atoms with van der Waals surface area (Å²) in [7, 11) is 0. The number of aryl methyl sites for hydroxylation is 1. The molecule has 0 unspecified atom stereocenters. The molecule has 142 valence electrons. The second-order valence-electron chi connectivity index (χ2n) is 7.33. The Kier molecular flexibility index (Phi) is 4.40. The van der Waals surface area contributed by atoms with E-state index in [2.05, 4.69) is 9.88 Å². The zero-order chi connectivity index (χ0) is 19.1. The van der Waals surface area contributed by atoms with Crippen LogP contribution in [0.5, 0.6) is 0 Å². The topological polar surface area (TPSA) is 59.2 Å². The first-order valence-electron chi connectivity index (χ1n) is 9.74. The van der Waals surface area contributed by atoms with E-state index in [1.165, 1.54) is 6.42 Å². The lowest BCUT2D eigenvalue weighted by molar-refractivity contribution is 0.509. The van der Waals surface area contributed by atoms with Crippen LogP contribution >= 0.6 is 11.6 Å². The van der Waals surface area contributed by atoms with E-state index in [0.29, 0.717) is 11.6 Å². The molecule has 2 aliphatic rings. The highest BCUT2D eigenvalue weighted by atomic mass is 35.5. The molecule has 6 heteroatoms. The van der Waals surface area contributed by atoms with Crippen LogP contribution < -0.4 is 10.5 Å². The Morgan fingerprint density at radius 2 is 1.82 bits per heavy atom. The minimum Gasteiger partial charge on any atom is -0.421 e. The number of rotatable bonds is 2. The van der Waals surface area contributed by atoms with Gasteiger partial charge in [-0.15, -0.1) is 0 Å². The molecule has 5 nitrogen and oxygen atoms in total. The normalized spacial score (nSPS) is 15.8. The van der Waals surface area contributed by atoms with Gasteiger partial charge in [-0.25, -0.2) is 14.8 Å². The number of aromatic nitrogens is 2. The predicted molar refractivity (Wildman–Crippen MR) is 110 cm³/mol. The Labute approximate surface area is 168 Å². The second-order valence-corrected chi connectivity index (χ2v) is 7.71. The molecule has 0 amide bonds. The molecule has 1 aliphatic carbocycles. The molecule has 0 saturated carbocycles. The summed E-state index contributed by atoms with van der Waals surface area (Å²) in [5, 5.41) is 0.200. The molecule has 1 aliphatic heterocycles. The van der Waals surface area contributed by atoms with Crippen molar-refractivity contribution in [3.63, 3.8) is 0 Å². The molecule has 1 aromatic carbocycles. The number of anilines is 1. The molecular weight excluding hydrogens is 374 g/mol. The zero-order valence-corrected chi connectivity index (χ0v) is 16.2. The smallest absolute Gasteiger partial charge is 0.357 e. The van der Waals surface area contributed by atoms with Gasteiger partial charge in [0.25, 0.3) is 0 Å². The number of benzene rings is 1. The lowest BCUT2D eigenvalue weighted by Gasteiger charge is -2.32. The Morgan fingerprint density at radius 1 is 1.04 bits per heavy atom. The Balaban J connectivity index is 1.63. The van der Waals surface area contributed by atoms with Gasteiger partial charge >= 0.3 is 5.63 Å². The van der Waals surface area contributed by atoms with Gasteiger partial charge in [0.1, 0.15) is 10.8 Å². The van der Waals surface area contributed by atoms with Gasteiger partial charge in [-0.1, -0.05) is 41.9 Å². The van der Waals surface area contributed by atoms with Crippen molar-refractivity contribution in [3.8, 4) is 22.7 Å². The van der Waals surface area contributed by atoms with Gasteiger partial charge in [-0.05, 0) is 32.1 Å². The monoisotopic (exact) mass is 393 g/mol. The summed E-state index contributed by atoms with van der Waals surface area (Å²) < 4.78 is 5.64. The van der Waals surface area contributed by atoms with Crippen LogP contribution in [-0.4, -0.2) is 23.1 Å². The van der Waals surface area contributed by atoms with Crippen LogP contribution in [0.3, 0.4) is 0 Å². The highest BCUT2D eigenvalue weighted by molar-refractivity contribution is 6.33. The average molecular weight is 394 g/mol. The van der Waals surface area contributed by atoms with E-state index in [4.69, 9.17) is 21.0 Å². The molecule has 0 N–H and O–H groups in total. The van der Waals surface area contributed by atoms with Crippen molar-refractivity contribution >= 4 is 17.3 Å². The molecule has 3 aromatic rings. The van der Waals surface area contributed by atoms with E-state index in [9.17, 15) is 4.79 Å². The lowest BCUT2D eigenvalue weighted by Crippen LogP contribution is -2.32. The fraction of sp³-hybridized carbons (Fsp3) is 0.318. The first-order valence-corrected chi connectivity index (χ1v) is 10.1. The highest BCUT2D eigenvalue weighted by Crippen LogP contribution is 2.40. The van der Waals surface area contributed by atoms with Crippen molar-refractivity contribution in [2.24, 2.45) is 0 Å². The summed E-state index contributed by atoms with van der Waals surface area (Å²) in [6, 6.07) is 9.90.